The molecule has 5 rings (SSSR count). The lowest BCUT2D eigenvalue weighted by Crippen LogP contribution is -2.38. The summed E-state index contributed by atoms with van der Waals surface area (Å²) in [6.45, 7) is 5.03. The van der Waals surface area contributed by atoms with E-state index in [0.29, 0.717) is 6.04 Å². The first-order valence-electron chi connectivity index (χ1n) is 12.0. The highest BCUT2D eigenvalue weighted by Gasteiger charge is 2.20. The predicted molar refractivity (Wildman–Crippen MR) is 137 cm³/mol. The molecule has 1 fully saturated rings. The van der Waals surface area contributed by atoms with E-state index in [9.17, 15) is 0 Å². The minimum absolute atomic E-state index is 0.202. The third-order valence-electron chi connectivity index (χ3n) is 6.69. The first-order valence-corrected chi connectivity index (χ1v) is 12.0. The van der Waals surface area contributed by atoms with Gasteiger partial charge in [-0.3, -0.25) is 4.90 Å². The van der Waals surface area contributed by atoms with Gasteiger partial charge in [0.15, 0.2) is 0 Å². The molecule has 0 bridgehead atoms. The highest BCUT2D eigenvalue weighted by molar-refractivity contribution is 5.79. The number of hydrogen-bond acceptors (Lipinski definition) is 6. The molecule has 4 aromatic rings. The molecule has 35 heavy (non-hydrogen) atoms. The van der Waals surface area contributed by atoms with Crippen molar-refractivity contribution in [3.05, 3.63) is 84.1 Å². The molecule has 176 valence electrons. The molecule has 0 radical (unpaired) electrons. The van der Waals surface area contributed by atoms with Crippen molar-refractivity contribution in [2.24, 2.45) is 7.05 Å². The third-order valence-corrected chi connectivity index (χ3v) is 6.69. The van der Waals surface area contributed by atoms with Crippen molar-refractivity contribution in [3.8, 4) is 28.6 Å². The Kier molecular flexibility index (Phi) is 6.55. The Labute approximate surface area is 206 Å². The molecule has 1 saturated heterocycles. The van der Waals surface area contributed by atoms with Crippen LogP contribution in [0.2, 0.25) is 0 Å². The fraction of sp³-hybridized carbons (Fsp3) is 0.286. The van der Waals surface area contributed by atoms with Gasteiger partial charge in [-0.25, -0.2) is 15.0 Å². The second kappa shape index (κ2) is 10.1. The molecule has 1 aliphatic heterocycles. The molecule has 0 saturated carbocycles. The molecule has 0 amide bonds. The highest BCUT2D eigenvalue weighted by atomic mass is 15.1. The maximum atomic E-state index is 8.99. The van der Waals surface area contributed by atoms with Crippen LogP contribution >= 0.6 is 0 Å². The molecule has 3 heterocycles. The van der Waals surface area contributed by atoms with Crippen molar-refractivity contribution in [2.75, 3.05) is 18.4 Å². The van der Waals surface area contributed by atoms with Gasteiger partial charge in [0, 0.05) is 50.0 Å². The van der Waals surface area contributed by atoms with Crippen LogP contribution < -0.4 is 5.32 Å². The monoisotopic (exact) mass is 463 g/mol. The summed E-state index contributed by atoms with van der Waals surface area (Å²) in [7, 11) is 2.08. The zero-order chi connectivity index (χ0) is 24.2. The number of nitrogens with zero attached hydrogens (tertiary/aromatic N) is 6. The van der Waals surface area contributed by atoms with Gasteiger partial charge < -0.3 is 9.88 Å². The molecular weight excluding hydrogens is 434 g/mol. The third kappa shape index (κ3) is 5.08. The van der Waals surface area contributed by atoms with Crippen molar-refractivity contribution >= 4 is 5.82 Å². The van der Waals surface area contributed by atoms with E-state index in [1.807, 2.05) is 18.2 Å². The van der Waals surface area contributed by atoms with E-state index >= 15 is 0 Å². The molecule has 1 N–H and O–H groups in total. The van der Waals surface area contributed by atoms with Gasteiger partial charge in [0.25, 0.3) is 0 Å². The molecule has 0 spiro atoms. The minimum atomic E-state index is 0.202. The molecule has 0 atom stereocenters. The van der Waals surface area contributed by atoms with E-state index in [4.69, 9.17) is 10.2 Å². The topological polar surface area (TPSA) is 82.7 Å². The smallest absolute Gasteiger partial charge is 0.234 e. The molecule has 1 aliphatic rings. The summed E-state index contributed by atoms with van der Waals surface area (Å²) in [5.74, 6) is 1.93. The van der Waals surface area contributed by atoms with Gasteiger partial charge in [0.1, 0.15) is 17.7 Å². The Morgan fingerprint density at radius 3 is 2.43 bits per heavy atom. The number of imidazole rings is 1. The number of piperidine rings is 1. The molecule has 7 heteroatoms. The molecule has 7 nitrogen and oxygen atoms in total. The number of nitrogens with one attached hydrogen (secondary N) is 1. The highest BCUT2D eigenvalue weighted by Crippen LogP contribution is 2.32. The van der Waals surface area contributed by atoms with Gasteiger partial charge in [0.2, 0.25) is 5.82 Å². The summed E-state index contributed by atoms with van der Waals surface area (Å²) in [5, 5.41) is 12.4. The normalized spacial score (nSPS) is 14.5. The van der Waals surface area contributed by atoms with E-state index in [1.54, 1.807) is 6.20 Å². The Morgan fingerprint density at radius 1 is 0.971 bits per heavy atom. The number of hydrogen-bond donors (Lipinski definition) is 1. The zero-order valence-electron chi connectivity index (χ0n) is 20.1. The zero-order valence-corrected chi connectivity index (χ0v) is 20.1. The quantitative estimate of drug-likeness (QED) is 0.442. The van der Waals surface area contributed by atoms with E-state index in [1.165, 1.54) is 11.1 Å². The average Bonchev–Trinajstić information content (AvgIpc) is 3.20. The predicted octanol–water partition coefficient (Wildman–Crippen LogP) is 4.80. The van der Waals surface area contributed by atoms with Crippen LogP contribution in [0.4, 0.5) is 5.82 Å². The van der Waals surface area contributed by atoms with Gasteiger partial charge >= 0.3 is 0 Å². The maximum Gasteiger partial charge on any atom is 0.234 e. The second-order valence-corrected chi connectivity index (χ2v) is 9.05. The molecule has 2 aromatic heterocycles. The number of likely N-dealkylation sites (tertiary alicyclic amines) is 1. The minimum Gasteiger partial charge on any atom is -0.367 e. The van der Waals surface area contributed by atoms with Crippen LogP contribution in [0, 0.1) is 18.3 Å². The first-order chi connectivity index (χ1) is 17.1. The van der Waals surface area contributed by atoms with Crippen LogP contribution in [0.25, 0.3) is 22.5 Å². The van der Waals surface area contributed by atoms with Crippen molar-refractivity contribution in [3.63, 3.8) is 0 Å². The summed E-state index contributed by atoms with van der Waals surface area (Å²) in [5.41, 5.74) is 5.80. The van der Waals surface area contributed by atoms with Crippen LogP contribution in [0.5, 0.6) is 0 Å². The van der Waals surface area contributed by atoms with Crippen LogP contribution in [0.3, 0.4) is 0 Å². The van der Waals surface area contributed by atoms with Crippen LogP contribution in [0.1, 0.15) is 30.1 Å². The maximum absolute atomic E-state index is 8.99. The average molecular weight is 464 g/mol. The molecule has 0 aliphatic carbocycles. The van der Waals surface area contributed by atoms with Gasteiger partial charge in [-0.15, -0.1) is 0 Å². The lowest BCUT2D eigenvalue weighted by atomic mass is 10.0. The summed E-state index contributed by atoms with van der Waals surface area (Å²) in [6.07, 6.45) is 3.71. The van der Waals surface area contributed by atoms with Gasteiger partial charge in [-0.2, -0.15) is 5.26 Å². The van der Waals surface area contributed by atoms with Crippen LogP contribution in [-0.4, -0.2) is 43.6 Å². The Morgan fingerprint density at radius 2 is 1.71 bits per heavy atom. The first kappa shape index (κ1) is 22.8. The second-order valence-electron chi connectivity index (χ2n) is 9.05. The lowest BCUT2D eigenvalue weighted by molar-refractivity contribution is 0.211. The number of anilines is 1. The van der Waals surface area contributed by atoms with Gasteiger partial charge in [0.05, 0.1) is 11.4 Å². The van der Waals surface area contributed by atoms with E-state index in [2.05, 4.69) is 87.3 Å². The van der Waals surface area contributed by atoms with E-state index < -0.39 is 0 Å². The van der Waals surface area contributed by atoms with Gasteiger partial charge in [-0.1, -0.05) is 54.6 Å². The summed E-state index contributed by atoms with van der Waals surface area (Å²) in [4.78, 5) is 15.5. The largest absolute Gasteiger partial charge is 0.367 e. The molecule has 2 aromatic carbocycles. The van der Waals surface area contributed by atoms with Crippen molar-refractivity contribution in [2.45, 2.75) is 32.4 Å². The number of rotatable bonds is 6. The summed E-state index contributed by atoms with van der Waals surface area (Å²) >= 11 is 0. The fourth-order valence-corrected chi connectivity index (χ4v) is 4.70. The fourth-order valence-electron chi connectivity index (χ4n) is 4.70. The number of nitriles is 1. The Hall–Kier alpha value is -4.02. The standard InChI is InChI=1S/C28H29N7/c1-20-31-27(28(34(20)2)23-6-4-3-5-7-23)22-10-8-21(9-11-22)19-35-16-13-24(14-17-35)32-25-12-15-30-26(18-29)33-25/h3-12,15,24H,13-14,16-17,19H2,1-2H3,(H,30,32,33). The number of aryl methyl sites for hydroxylation is 1. The van der Waals surface area contributed by atoms with Crippen LogP contribution in [-0.2, 0) is 13.6 Å². The summed E-state index contributed by atoms with van der Waals surface area (Å²) in [6, 6.07) is 23.5. The number of benzene rings is 2. The van der Waals surface area contributed by atoms with Crippen molar-refractivity contribution in [1.29, 1.82) is 5.26 Å². The summed E-state index contributed by atoms with van der Waals surface area (Å²) < 4.78 is 2.17. The number of aromatic nitrogens is 4. The van der Waals surface area contributed by atoms with Crippen molar-refractivity contribution in [1.82, 2.24) is 24.4 Å². The molecule has 0 unspecified atom stereocenters. The van der Waals surface area contributed by atoms with E-state index in [0.717, 1.165) is 61.1 Å². The lowest BCUT2D eigenvalue weighted by Gasteiger charge is -2.32. The SMILES string of the molecule is Cc1nc(-c2ccc(CN3CCC(Nc4ccnc(C#N)n4)CC3)cc2)c(-c2ccccc2)n1C. The Bertz CT molecular complexity index is 1330. The Balaban J connectivity index is 1.22. The van der Waals surface area contributed by atoms with Crippen molar-refractivity contribution < 1.29 is 0 Å². The van der Waals surface area contributed by atoms with Crippen LogP contribution in [0.15, 0.2) is 66.9 Å². The van der Waals surface area contributed by atoms with Gasteiger partial charge in [-0.05, 0) is 31.4 Å². The molecular formula is C28H29N7. The van der Waals surface area contributed by atoms with E-state index in [-0.39, 0.29) is 5.82 Å².